The van der Waals surface area contributed by atoms with E-state index in [0.29, 0.717) is 25.9 Å². The Morgan fingerprint density at radius 1 is 0.725 bits per heavy atom. The molecule has 0 fully saturated rings. The number of rotatable bonds is 11. The lowest BCUT2D eigenvalue weighted by Gasteiger charge is -2.26. The van der Waals surface area contributed by atoms with E-state index in [2.05, 4.69) is 24.5 Å². The first-order chi connectivity index (χ1) is 18.9. The van der Waals surface area contributed by atoms with Gasteiger partial charge in [-0.3, -0.25) is 10.1 Å². The molecule has 40 heavy (non-hydrogen) atoms. The molecule has 10 heteroatoms. The zero-order chi connectivity index (χ0) is 29.7. The van der Waals surface area contributed by atoms with Crippen molar-refractivity contribution in [1.82, 2.24) is 9.13 Å². The molecule has 0 aliphatic rings. The summed E-state index contributed by atoms with van der Waals surface area (Å²) in [5.74, 6) is 0. The third-order valence-corrected chi connectivity index (χ3v) is 7.53. The number of non-ortho nitro benzene ring substituents is 1. The highest BCUT2D eigenvalue weighted by atomic mass is 16.6. The van der Waals surface area contributed by atoms with Gasteiger partial charge in [-0.2, -0.15) is 0 Å². The molecule has 2 aromatic carbocycles. The second kappa shape index (κ2) is 12.8. The molecule has 0 saturated heterocycles. The molecule has 4 rings (SSSR count). The van der Waals surface area contributed by atoms with Crippen molar-refractivity contribution in [3.8, 4) is 0 Å². The third kappa shape index (κ3) is 6.64. The van der Waals surface area contributed by atoms with Crippen molar-refractivity contribution in [3.05, 3.63) is 70.0 Å². The maximum atomic E-state index is 10.9. The van der Waals surface area contributed by atoms with Crippen LogP contribution < -0.4 is 5.73 Å². The Bertz CT molecular complexity index is 1450. The van der Waals surface area contributed by atoms with Gasteiger partial charge < -0.3 is 35.3 Å². The van der Waals surface area contributed by atoms with Crippen LogP contribution in [0.3, 0.4) is 0 Å². The van der Waals surface area contributed by atoms with Crippen LogP contribution in [0, 0.1) is 10.1 Å². The lowest BCUT2D eigenvalue weighted by atomic mass is 9.85. The van der Waals surface area contributed by atoms with Gasteiger partial charge in [0.1, 0.15) is 0 Å². The Balaban J connectivity index is 0.000000222. The first-order valence-electron chi connectivity index (χ1n) is 13.5. The Labute approximate surface area is 234 Å². The van der Waals surface area contributed by atoms with E-state index in [4.69, 9.17) is 5.73 Å². The molecule has 0 unspecified atom stereocenters. The van der Waals surface area contributed by atoms with Crippen molar-refractivity contribution in [2.45, 2.75) is 64.5 Å². The highest BCUT2D eigenvalue weighted by molar-refractivity contribution is 5.85. The molecule has 0 aliphatic heterocycles. The number of nitrogens with two attached hydrogens (primary N) is 1. The Morgan fingerprint density at radius 2 is 1.18 bits per heavy atom. The molecule has 4 aromatic rings. The van der Waals surface area contributed by atoms with E-state index in [9.17, 15) is 30.5 Å². The predicted molar refractivity (Wildman–Crippen MR) is 159 cm³/mol. The van der Waals surface area contributed by atoms with Gasteiger partial charge in [0.2, 0.25) is 0 Å². The highest BCUT2D eigenvalue weighted by Gasteiger charge is 2.27. The van der Waals surface area contributed by atoms with Crippen LogP contribution in [-0.2, 0) is 23.9 Å². The average Bonchev–Trinajstić information content (AvgIpc) is 3.44. The zero-order valence-corrected chi connectivity index (χ0v) is 23.8. The summed E-state index contributed by atoms with van der Waals surface area (Å²) in [6.45, 7) is 9.51. The number of nitro benzene ring substituents is 1. The average molecular weight is 555 g/mol. The maximum Gasteiger partial charge on any atom is 0.270 e. The van der Waals surface area contributed by atoms with E-state index in [0.717, 1.165) is 38.9 Å². The summed E-state index contributed by atoms with van der Waals surface area (Å²) in [5, 5.41) is 49.8. The van der Waals surface area contributed by atoms with Crippen LogP contribution in [0.5, 0.6) is 0 Å². The monoisotopic (exact) mass is 554 g/mol. The topological polar surface area (TPSA) is 160 Å². The van der Waals surface area contributed by atoms with Crippen LogP contribution in [0.2, 0.25) is 0 Å². The van der Waals surface area contributed by atoms with E-state index in [1.807, 2.05) is 42.7 Å². The molecule has 0 radical (unpaired) electrons. The van der Waals surface area contributed by atoms with Gasteiger partial charge in [0.15, 0.2) is 0 Å². The molecule has 0 saturated carbocycles. The molecule has 218 valence electrons. The van der Waals surface area contributed by atoms with Crippen molar-refractivity contribution >= 4 is 33.2 Å². The third-order valence-electron chi connectivity index (χ3n) is 7.53. The molecular formula is C30H42N4O6. The van der Waals surface area contributed by atoms with Crippen molar-refractivity contribution < 1.29 is 25.3 Å². The van der Waals surface area contributed by atoms with E-state index in [1.165, 1.54) is 6.07 Å². The van der Waals surface area contributed by atoms with Crippen LogP contribution in [0.4, 0.5) is 11.4 Å². The van der Waals surface area contributed by atoms with Gasteiger partial charge in [-0.25, -0.2) is 0 Å². The Kier molecular flexibility index (Phi) is 9.96. The summed E-state index contributed by atoms with van der Waals surface area (Å²) >= 11 is 0. The molecule has 0 aliphatic carbocycles. The van der Waals surface area contributed by atoms with Crippen LogP contribution >= 0.6 is 0 Å². The highest BCUT2D eigenvalue weighted by Crippen LogP contribution is 2.34. The standard InChI is InChI=1S/C15H20N2O4.C15H22N2O2/c1-15(2,5-7-18)14-10-11-9-12(17(20)21)3-4-13(11)16(14)6-8-19;1-15(2,5-7-18)14-10-11-9-12(16)3-4-13(11)17(14)6-8-19/h3-4,9-10,18-19H,5-8H2,1-2H3;3-4,9-10,18-19H,5-8,16H2,1-2H3. The lowest BCUT2D eigenvalue weighted by Crippen LogP contribution is -2.23. The van der Waals surface area contributed by atoms with Crippen molar-refractivity contribution in [1.29, 1.82) is 0 Å². The van der Waals surface area contributed by atoms with Gasteiger partial charge in [0, 0.05) is 88.1 Å². The zero-order valence-electron chi connectivity index (χ0n) is 23.8. The molecule has 0 spiro atoms. The minimum Gasteiger partial charge on any atom is -0.399 e. The maximum absolute atomic E-state index is 10.9. The molecule has 2 heterocycles. The van der Waals surface area contributed by atoms with Gasteiger partial charge in [0.05, 0.1) is 18.1 Å². The summed E-state index contributed by atoms with van der Waals surface area (Å²) < 4.78 is 4.08. The molecule has 0 amide bonds. The second-order valence-corrected chi connectivity index (χ2v) is 11.3. The van der Waals surface area contributed by atoms with E-state index in [1.54, 1.807) is 12.1 Å². The van der Waals surface area contributed by atoms with Crippen LogP contribution in [0.1, 0.15) is 51.9 Å². The van der Waals surface area contributed by atoms with Crippen LogP contribution in [0.15, 0.2) is 48.5 Å². The van der Waals surface area contributed by atoms with Crippen molar-refractivity contribution in [3.63, 3.8) is 0 Å². The molecule has 6 N–H and O–H groups in total. The van der Waals surface area contributed by atoms with Gasteiger partial charge in [-0.15, -0.1) is 0 Å². The summed E-state index contributed by atoms with van der Waals surface area (Å²) in [4.78, 5) is 10.5. The van der Waals surface area contributed by atoms with E-state index >= 15 is 0 Å². The number of nitrogen functional groups attached to an aromatic ring is 1. The normalized spacial score (nSPS) is 12.1. The Morgan fingerprint density at radius 3 is 1.60 bits per heavy atom. The molecule has 0 atom stereocenters. The van der Waals surface area contributed by atoms with Gasteiger partial charge >= 0.3 is 0 Å². The number of anilines is 1. The minimum atomic E-state index is -0.415. The number of aliphatic hydroxyl groups is 4. The van der Waals surface area contributed by atoms with Crippen LogP contribution in [-0.4, -0.2) is 60.9 Å². The van der Waals surface area contributed by atoms with Gasteiger partial charge in [0.25, 0.3) is 5.69 Å². The number of nitrogens with zero attached hydrogens (tertiary/aromatic N) is 3. The summed E-state index contributed by atoms with van der Waals surface area (Å²) in [5.41, 5.74) is 10.2. The fourth-order valence-electron chi connectivity index (χ4n) is 5.28. The Hall–Kier alpha value is -3.44. The number of hydrogen-bond acceptors (Lipinski definition) is 7. The molecular weight excluding hydrogens is 512 g/mol. The fraction of sp³-hybridized carbons (Fsp3) is 0.467. The number of nitro groups is 1. The number of aliphatic hydroxyl groups excluding tert-OH is 4. The second-order valence-electron chi connectivity index (χ2n) is 11.3. The molecule has 10 nitrogen and oxygen atoms in total. The lowest BCUT2D eigenvalue weighted by molar-refractivity contribution is -0.384. The first kappa shape index (κ1) is 31.1. The number of hydrogen-bond donors (Lipinski definition) is 5. The first-order valence-corrected chi connectivity index (χ1v) is 13.5. The van der Waals surface area contributed by atoms with E-state index in [-0.39, 0.29) is 42.9 Å². The summed E-state index contributed by atoms with van der Waals surface area (Å²) in [6.07, 6.45) is 1.26. The SMILES string of the molecule is CC(C)(CCO)c1cc2cc(N)ccc2n1CCO.CC(C)(CCO)c1cc2cc([N+](=O)[O-])ccc2n1CCO. The summed E-state index contributed by atoms with van der Waals surface area (Å²) in [7, 11) is 0. The minimum absolute atomic E-state index is 0.0109. The van der Waals surface area contributed by atoms with Gasteiger partial charge in [-0.05, 0) is 49.2 Å². The van der Waals surface area contributed by atoms with Gasteiger partial charge in [-0.1, -0.05) is 27.7 Å². The van der Waals surface area contributed by atoms with Crippen LogP contribution in [0.25, 0.3) is 21.8 Å². The molecule has 0 bridgehead atoms. The predicted octanol–water partition coefficient (Wildman–Crippen LogP) is 4.08. The van der Waals surface area contributed by atoms with E-state index < -0.39 is 4.92 Å². The molecule has 2 aromatic heterocycles. The number of aromatic nitrogens is 2. The largest absolute Gasteiger partial charge is 0.399 e. The summed E-state index contributed by atoms with van der Waals surface area (Å²) in [6, 6.07) is 14.5. The quantitative estimate of drug-likeness (QED) is 0.106. The number of benzene rings is 2. The van der Waals surface area contributed by atoms with Crippen molar-refractivity contribution in [2.24, 2.45) is 0 Å². The fourth-order valence-corrected chi connectivity index (χ4v) is 5.28. The van der Waals surface area contributed by atoms with Crippen molar-refractivity contribution in [2.75, 3.05) is 32.2 Å². The number of fused-ring (bicyclic) bond motifs is 2. The smallest absolute Gasteiger partial charge is 0.270 e.